The average molecular weight is 484 g/mol. The number of carbonyl (C=O) groups excluding carboxylic acids is 1. The molecule has 0 spiro atoms. The van der Waals surface area contributed by atoms with Crippen molar-refractivity contribution < 1.29 is 9.53 Å². The molecule has 3 aromatic rings. The third-order valence-electron chi connectivity index (χ3n) is 6.16. The van der Waals surface area contributed by atoms with E-state index in [0.29, 0.717) is 28.2 Å². The van der Waals surface area contributed by atoms with Crippen LogP contribution < -0.4 is 10.6 Å². The van der Waals surface area contributed by atoms with Crippen LogP contribution in [0, 0.1) is 5.92 Å². The molecule has 1 fully saturated rings. The molecule has 34 heavy (non-hydrogen) atoms. The van der Waals surface area contributed by atoms with Gasteiger partial charge in [0.2, 0.25) is 11.9 Å². The number of carbonyl (C=O) groups is 1. The van der Waals surface area contributed by atoms with Crippen molar-refractivity contribution in [3.63, 3.8) is 0 Å². The summed E-state index contributed by atoms with van der Waals surface area (Å²) in [5.74, 6) is 0.234. The van der Waals surface area contributed by atoms with Crippen LogP contribution in [-0.2, 0) is 16.1 Å². The number of halogens is 1. The third-order valence-corrected chi connectivity index (χ3v) is 6.40. The van der Waals surface area contributed by atoms with Gasteiger partial charge in [-0.3, -0.25) is 14.4 Å². The van der Waals surface area contributed by atoms with Crippen molar-refractivity contribution in [1.82, 2.24) is 24.6 Å². The summed E-state index contributed by atoms with van der Waals surface area (Å²) in [4.78, 5) is 24.9. The second-order valence-electron chi connectivity index (χ2n) is 9.30. The lowest BCUT2D eigenvalue weighted by Gasteiger charge is -2.26. The van der Waals surface area contributed by atoms with Crippen molar-refractivity contribution in [3.8, 4) is 0 Å². The van der Waals surface area contributed by atoms with E-state index in [-0.39, 0.29) is 5.91 Å². The molecule has 2 aromatic heterocycles. The van der Waals surface area contributed by atoms with E-state index in [4.69, 9.17) is 26.4 Å². The molecule has 0 aliphatic carbocycles. The number of amides is 1. The topological polar surface area (TPSA) is 97.2 Å². The zero-order chi connectivity index (χ0) is 23.7. The van der Waals surface area contributed by atoms with Gasteiger partial charge in [0.1, 0.15) is 5.92 Å². The minimum absolute atomic E-state index is 0.118. The van der Waals surface area contributed by atoms with Gasteiger partial charge < -0.3 is 15.4 Å². The normalized spacial score (nSPS) is 18.5. The molecular weight excluding hydrogens is 454 g/mol. The largest absolute Gasteiger partial charge is 0.379 e. The van der Waals surface area contributed by atoms with E-state index < -0.39 is 5.92 Å². The molecule has 4 heterocycles. The molecular formula is C24H30ClN7O2. The Morgan fingerprint density at radius 2 is 2.09 bits per heavy atom. The highest BCUT2D eigenvalue weighted by atomic mass is 35.5. The Labute approximate surface area is 203 Å². The van der Waals surface area contributed by atoms with E-state index in [1.165, 1.54) is 0 Å². The molecule has 1 atom stereocenters. The van der Waals surface area contributed by atoms with E-state index in [2.05, 4.69) is 34.4 Å². The molecule has 9 nitrogen and oxygen atoms in total. The number of rotatable bonds is 8. The Hall–Kier alpha value is -2.75. The summed E-state index contributed by atoms with van der Waals surface area (Å²) in [6, 6.07) is 5.45. The second kappa shape index (κ2) is 9.85. The van der Waals surface area contributed by atoms with Crippen LogP contribution in [0.1, 0.15) is 37.4 Å². The molecule has 0 saturated carbocycles. The Morgan fingerprint density at radius 3 is 2.88 bits per heavy atom. The van der Waals surface area contributed by atoms with Crippen molar-refractivity contribution in [2.75, 3.05) is 50.0 Å². The molecule has 1 aromatic carbocycles. The fourth-order valence-electron chi connectivity index (χ4n) is 4.57. The zero-order valence-electron chi connectivity index (χ0n) is 19.6. The van der Waals surface area contributed by atoms with Gasteiger partial charge in [0.25, 0.3) is 0 Å². The monoisotopic (exact) mass is 483 g/mol. The highest BCUT2D eigenvalue weighted by Crippen LogP contribution is 2.40. The molecule has 2 N–H and O–H groups in total. The molecule has 1 saturated heterocycles. The number of aromatic nitrogens is 4. The minimum atomic E-state index is -0.565. The number of ether oxygens (including phenoxy) is 1. The molecule has 0 bridgehead atoms. The Morgan fingerprint density at radius 1 is 1.26 bits per heavy atom. The maximum absolute atomic E-state index is 13.0. The van der Waals surface area contributed by atoms with Gasteiger partial charge in [-0.05, 0) is 42.6 Å². The molecule has 1 amide bonds. The summed E-state index contributed by atoms with van der Waals surface area (Å²) in [6.45, 7) is 10.3. The van der Waals surface area contributed by atoms with Crippen LogP contribution in [0.3, 0.4) is 0 Å². The van der Waals surface area contributed by atoms with E-state index in [0.717, 1.165) is 69.0 Å². The van der Waals surface area contributed by atoms with E-state index in [1.807, 2.05) is 23.0 Å². The number of anilines is 2. The molecule has 1 unspecified atom stereocenters. The summed E-state index contributed by atoms with van der Waals surface area (Å²) >= 11 is 6.27. The first-order valence-electron chi connectivity index (χ1n) is 11.9. The van der Waals surface area contributed by atoms with Crippen molar-refractivity contribution in [2.24, 2.45) is 5.92 Å². The average Bonchev–Trinajstić information content (AvgIpc) is 3.35. The van der Waals surface area contributed by atoms with Crippen LogP contribution in [-0.4, -0.2) is 69.9 Å². The van der Waals surface area contributed by atoms with Gasteiger partial charge >= 0.3 is 0 Å². The summed E-state index contributed by atoms with van der Waals surface area (Å²) < 4.78 is 7.31. The number of hydrogen-bond acceptors (Lipinski definition) is 7. The number of hydrogen-bond donors (Lipinski definition) is 2. The molecule has 2 aliphatic rings. The standard InChI is InChI=1S/C24H30ClN7O2/c1-15(2)13-32-14-18-21(20-17-12-16(25)4-5-19(17)27-23(20)33)28-24(29-22(18)30-32)26-6-3-7-31-8-10-34-11-9-31/h4-5,12,14-15,20H,3,6-11,13H2,1-2H3,(H,27,33)(H,26,29,30). The highest BCUT2D eigenvalue weighted by Gasteiger charge is 2.35. The molecule has 0 radical (unpaired) electrons. The van der Waals surface area contributed by atoms with Gasteiger partial charge in [-0.25, -0.2) is 4.98 Å². The van der Waals surface area contributed by atoms with Gasteiger partial charge in [-0.2, -0.15) is 10.1 Å². The summed E-state index contributed by atoms with van der Waals surface area (Å²) in [7, 11) is 0. The van der Waals surface area contributed by atoms with Crippen LogP contribution >= 0.6 is 11.6 Å². The number of fused-ring (bicyclic) bond motifs is 2. The second-order valence-corrected chi connectivity index (χ2v) is 9.74. The van der Waals surface area contributed by atoms with Gasteiger partial charge in [0, 0.05) is 43.1 Å². The lowest BCUT2D eigenvalue weighted by atomic mass is 9.95. The molecule has 180 valence electrons. The minimum Gasteiger partial charge on any atom is -0.379 e. The maximum atomic E-state index is 13.0. The number of nitrogens with zero attached hydrogens (tertiary/aromatic N) is 5. The maximum Gasteiger partial charge on any atom is 0.238 e. The van der Waals surface area contributed by atoms with E-state index in [9.17, 15) is 4.79 Å². The third kappa shape index (κ3) is 4.87. The van der Waals surface area contributed by atoms with E-state index in [1.54, 1.807) is 6.07 Å². The SMILES string of the molecule is CC(C)Cn1cc2c(C3C(=O)Nc4ccc(Cl)cc43)nc(NCCCN3CCOCC3)nc2n1. The van der Waals surface area contributed by atoms with E-state index >= 15 is 0 Å². The number of benzene rings is 1. The van der Waals surface area contributed by atoms with Crippen molar-refractivity contribution >= 4 is 40.2 Å². The zero-order valence-corrected chi connectivity index (χ0v) is 20.3. The summed E-state index contributed by atoms with van der Waals surface area (Å²) in [5, 5.41) is 12.4. The van der Waals surface area contributed by atoms with Crippen molar-refractivity contribution in [3.05, 3.63) is 40.7 Å². The first-order chi connectivity index (χ1) is 16.5. The summed E-state index contributed by atoms with van der Waals surface area (Å²) in [6.07, 6.45) is 2.91. The predicted molar refractivity (Wildman–Crippen MR) is 132 cm³/mol. The predicted octanol–water partition coefficient (Wildman–Crippen LogP) is 3.35. The van der Waals surface area contributed by atoms with Gasteiger partial charge in [0.05, 0.1) is 24.3 Å². The van der Waals surface area contributed by atoms with Gasteiger partial charge in [0.15, 0.2) is 5.65 Å². The smallest absolute Gasteiger partial charge is 0.238 e. The first kappa shape index (κ1) is 23.0. The lowest BCUT2D eigenvalue weighted by Crippen LogP contribution is -2.37. The van der Waals surface area contributed by atoms with Crippen LogP contribution in [0.5, 0.6) is 0 Å². The quantitative estimate of drug-likeness (QED) is 0.474. The highest BCUT2D eigenvalue weighted by molar-refractivity contribution is 6.31. The first-order valence-corrected chi connectivity index (χ1v) is 12.2. The number of morpholine rings is 1. The van der Waals surface area contributed by atoms with Crippen LogP contribution in [0.4, 0.5) is 11.6 Å². The fraction of sp³-hybridized carbons (Fsp3) is 0.500. The lowest BCUT2D eigenvalue weighted by molar-refractivity contribution is -0.116. The van der Waals surface area contributed by atoms with Crippen LogP contribution in [0.25, 0.3) is 11.0 Å². The molecule has 2 aliphatic heterocycles. The Kier molecular flexibility index (Phi) is 6.67. The fourth-order valence-corrected chi connectivity index (χ4v) is 4.75. The summed E-state index contributed by atoms with van der Waals surface area (Å²) in [5.41, 5.74) is 2.83. The molecule has 5 rings (SSSR count). The van der Waals surface area contributed by atoms with Gasteiger partial charge in [-0.1, -0.05) is 25.4 Å². The Balaban J connectivity index is 1.44. The van der Waals surface area contributed by atoms with Crippen LogP contribution in [0.15, 0.2) is 24.4 Å². The van der Waals surface area contributed by atoms with Gasteiger partial charge in [-0.15, -0.1) is 0 Å². The van der Waals surface area contributed by atoms with Crippen LogP contribution in [0.2, 0.25) is 5.02 Å². The molecule has 10 heteroatoms. The Bertz CT molecular complexity index is 1190. The number of nitrogens with one attached hydrogen (secondary N) is 2. The van der Waals surface area contributed by atoms with Crippen molar-refractivity contribution in [2.45, 2.75) is 32.7 Å². The van der Waals surface area contributed by atoms with Crippen molar-refractivity contribution in [1.29, 1.82) is 0 Å².